The van der Waals surface area contributed by atoms with E-state index in [2.05, 4.69) is 0 Å². The number of thioether (sulfide) groups is 1. The smallest absolute Gasteiger partial charge is 0.316 e. The molecule has 3 nitrogen and oxygen atoms in total. The van der Waals surface area contributed by atoms with E-state index < -0.39 is 0 Å². The summed E-state index contributed by atoms with van der Waals surface area (Å²) in [7, 11) is 0. The third kappa shape index (κ3) is 4.49. The lowest BCUT2D eigenvalue weighted by Gasteiger charge is -2.07. The molecule has 0 saturated heterocycles. The summed E-state index contributed by atoms with van der Waals surface area (Å²) in [5, 5.41) is 0. The Bertz CT molecular complexity index is 357. The standard InChI is InChI=1S/C12H14O3S/c1-9(2)15-12(14)8-16-11-5-3-10(7-13)4-6-11/h3-7,9H,8H2,1-2H3. The van der Waals surface area contributed by atoms with E-state index in [1.807, 2.05) is 26.0 Å². The molecule has 0 aromatic heterocycles. The van der Waals surface area contributed by atoms with Gasteiger partial charge in [0.25, 0.3) is 0 Å². The summed E-state index contributed by atoms with van der Waals surface area (Å²) in [6.45, 7) is 3.64. The number of carbonyl (C=O) groups is 2. The molecule has 0 atom stereocenters. The maximum Gasteiger partial charge on any atom is 0.316 e. The third-order valence-corrected chi connectivity index (χ3v) is 2.73. The van der Waals surface area contributed by atoms with Crippen molar-refractivity contribution < 1.29 is 14.3 Å². The molecule has 0 heterocycles. The van der Waals surface area contributed by atoms with Crippen molar-refractivity contribution in [2.24, 2.45) is 0 Å². The van der Waals surface area contributed by atoms with Gasteiger partial charge in [0, 0.05) is 10.5 Å². The summed E-state index contributed by atoms with van der Waals surface area (Å²) in [5.41, 5.74) is 0.633. The Labute approximate surface area is 99.2 Å². The van der Waals surface area contributed by atoms with Crippen LogP contribution in [0.15, 0.2) is 29.2 Å². The minimum absolute atomic E-state index is 0.0782. The molecule has 1 aromatic carbocycles. The first-order valence-corrected chi connectivity index (χ1v) is 5.98. The number of hydrogen-bond donors (Lipinski definition) is 0. The quantitative estimate of drug-likeness (QED) is 0.449. The molecule has 1 rings (SSSR count). The SMILES string of the molecule is CC(C)OC(=O)CSc1ccc(C=O)cc1. The molecule has 0 bridgehead atoms. The molecule has 0 spiro atoms. The van der Waals surface area contributed by atoms with Gasteiger partial charge in [0.2, 0.25) is 0 Å². The normalized spacial score (nSPS) is 10.2. The number of rotatable bonds is 5. The Kier molecular flexibility index (Phi) is 5.05. The molecule has 0 fully saturated rings. The summed E-state index contributed by atoms with van der Waals surface area (Å²) in [6.07, 6.45) is 0.715. The lowest BCUT2D eigenvalue weighted by molar-refractivity contribution is -0.144. The molecular weight excluding hydrogens is 224 g/mol. The number of aldehydes is 1. The Morgan fingerprint density at radius 1 is 1.38 bits per heavy atom. The number of esters is 1. The van der Waals surface area contributed by atoms with Crippen LogP contribution < -0.4 is 0 Å². The highest BCUT2D eigenvalue weighted by Crippen LogP contribution is 2.18. The van der Waals surface area contributed by atoms with Crippen LogP contribution >= 0.6 is 11.8 Å². The molecule has 86 valence electrons. The molecule has 0 aliphatic rings. The zero-order valence-corrected chi connectivity index (χ0v) is 10.1. The minimum Gasteiger partial charge on any atom is -0.462 e. The van der Waals surface area contributed by atoms with Gasteiger partial charge in [0.1, 0.15) is 6.29 Å². The highest BCUT2D eigenvalue weighted by atomic mass is 32.2. The first kappa shape index (κ1) is 12.8. The summed E-state index contributed by atoms with van der Waals surface area (Å²) in [6, 6.07) is 7.08. The molecule has 0 saturated carbocycles. The molecule has 1 aromatic rings. The van der Waals surface area contributed by atoms with Gasteiger partial charge in [-0.1, -0.05) is 12.1 Å². The topological polar surface area (TPSA) is 43.4 Å². The predicted octanol–water partition coefficient (Wildman–Crippen LogP) is 2.54. The fourth-order valence-electron chi connectivity index (χ4n) is 1.08. The van der Waals surface area contributed by atoms with Gasteiger partial charge in [-0.3, -0.25) is 9.59 Å². The first-order valence-electron chi connectivity index (χ1n) is 4.99. The van der Waals surface area contributed by atoms with Crippen molar-refractivity contribution in [1.82, 2.24) is 0 Å². The van der Waals surface area contributed by atoms with Crippen LogP contribution in [-0.2, 0) is 9.53 Å². The van der Waals surface area contributed by atoms with E-state index in [0.717, 1.165) is 11.2 Å². The second-order valence-corrected chi connectivity index (χ2v) is 4.56. The van der Waals surface area contributed by atoms with Crippen LogP contribution in [0.25, 0.3) is 0 Å². The predicted molar refractivity (Wildman–Crippen MR) is 63.8 cm³/mol. The molecule has 0 amide bonds. The van der Waals surface area contributed by atoms with Crippen LogP contribution in [0.1, 0.15) is 24.2 Å². The zero-order valence-electron chi connectivity index (χ0n) is 9.30. The summed E-state index contributed by atoms with van der Waals surface area (Å²) < 4.78 is 5.00. The van der Waals surface area contributed by atoms with Crippen molar-refractivity contribution in [3.8, 4) is 0 Å². The van der Waals surface area contributed by atoms with E-state index in [4.69, 9.17) is 4.74 Å². The average molecular weight is 238 g/mol. The van der Waals surface area contributed by atoms with Gasteiger partial charge in [0.05, 0.1) is 11.9 Å². The Balaban J connectivity index is 2.42. The van der Waals surface area contributed by atoms with Gasteiger partial charge in [0.15, 0.2) is 0 Å². The molecular formula is C12H14O3S. The maximum atomic E-state index is 11.3. The van der Waals surface area contributed by atoms with Crippen molar-refractivity contribution in [3.63, 3.8) is 0 Å². The summed E-state index contributed by atoms with van der Waals surface area (Å²) in [4.78, 5) is 22.6. The van der Waals surface area contributed by atoms with E-state index in [9.17, 15) is 9.59 Å². The van der Waals surface area contributed by atoms with Crippen LogP contribution in [0.2, 0.25) is 0 Å². The Morgan fingerprint density at radius 3 is 2.50 bits per heavy atom. The summed E-state index contributed by atoms with van der Waals surface area (Å²) >= 11 is 1.40. The van der Waals surface area contributed by atoms with Crippen molar-refractivity contribution >= 4 is 24.0 Å². The van der Waals surface area contributed by atoms with Crippen LogP contribution in [-0.4, -0.2) is 24.1 Å². The third-order valence-electron chi connectivity index (χ3n) is 1.74. The number of ether oxygens (including phenoxy) is 1. The van der Waals surface area contributed by atoms with Crippen molar-refractivity contribution in [2.45, 2.75) is 24.8 Å². The van der Waals surface area contributed by atoms with E-state index >= 15 is 0 Å². The minimum atomic E-state index is -0.223. The van der Waals surface area contributed by atoms with Crippen LogP contribution in [0.4, 0.5) is 0 Å². The molecule has 0 aliphatic carbocycles. The van der Waals surface area contributed by atoms with E-state index in [0.29, 0.717) is 11.3 Å². The van der Waals surface area contributed by atoms with E-state index in [-0.39, 0.29) is 12.1 Å². The molecule has 0 aliphatic heterocycles. The molecule has 0 N–H and O–H groups in total. The van der Waals surface area contributed by atoms with Crippen molar-refractivity contribution in [2.75, 3.05) is 5.75 Å². The van der Waals surface area contributed by atoms with Gasteiger partial charge >= 0.3 is 5.97 Å². The zero-order chi connectivity index (χ0) is 12.0. The number of hydrogen-bond acceptors (Lipinski definition) is 4. The molecule has 4 heteroatoms. The highest BCUT2D eigenvalue weighted by Gasteiger charge is 2.06. The van der Waals surface area contributed by atoms with Crippen LogP contribution in [0.3, 0.4) is 0 Å². The first-order chi connectivity index (χ1) is 7.61. The largest absolute Gasteiger partial charge is 0.462 e. The Hall–Kier alpha value is -1.29. The average Bonchev–Trinajstić information content (AvgIpc) is 2.26. The monoisotopic (exact) mass is 238 g/mol. The number of benzene rings is 1. The van der Waals surface area contributed by atoms with Crippen molar-refractivity contribution in [1.29, 1.82) is 0 Å². The highest BCUT2D eigenvalue weighted by molar-refractivity contribution is 8.00. The maximum absolute atomic E-state index is 11.3. The molecule has 0 radical (unpaired) electrons. The van der Waals surface area contributed by atoms with Gasteiger partial charge < -0.3 is 4.74 Å². The molecule has 16 heavy (non-hydrogen) atoms. The van der Waals surface area contributed by atoms with E-state index in [1.54, 1.807) is 12.1 Å². The fraction of sp³-hybridized carbons (Fsp3) is 0.333. The molecule has 0 unspecified atom stereocenters. The van der Waals surface area contributed by atoms with Gasteiger partial charge in [-0.2, -0.15) is 0 Å². The van der Waals surface area contributed by atoms with Crippen LogP contribution in [0, 0.1) is 0 Å². The second-order valence-electron chi connectivity index (χ2n) is 3.51. The lowest BCUT2D eigenvalue weighted by atomic mass is 10.2. The van der Waals surface area contributed by atoms with Crippen molar-refractivity contribution in [3.05, 3.63) is 29.8 Å². The van der Waals surface area contributed by atoms with Gasteiger partial charge in [-0.25, -0.2) is 0 Å². The summed E-state index contributed by atoms with van der Waals surface area (Å²) in [5.74, 6) is 0.0676. The number of carbonyl (C=O) groups excluding carboxylic acids is 2. The van der Waals surface area contributed by atoms with Gasteiger partial charge in [-0.05, 0) is 26.0 Å². The fourth-order valence-corrected chi connectivity index (χ4v) is 1.76. The van der Waals surface area contributed by atoms with Gasteiger partial charge in [-0.15, -0.1) is 11.8 Å². The van der Waals surface area contributed by atoms with Crippen LogP contribution in [0.5, 0.6) is 0 Å². The second kappa shape index (κ2) is 6.33. The lowest BCUT2D eigenvalue weighted by Crippen LogP contribution is -2.13. The Morgan fingerprint density at radius 2 is 2.00 bits per heavy atom. The van der Waals surface area contributed by atoms with E-state index in [1.165, 1.54) is 11.8 Å².